The molecule has 6 rings (SSSR count). The summed E-state index contributed by atoms with van der Waals surface area (Å²) in [4.78, 5) is 36.0. The molecule has 10 heteroatoms. The summed E-state index contributed by atoms with van der Waals surface area (Å²) >= 11 is 0. The summed E-state index contributed by atoms with van der Waals surface area (Å²) < 4.78 is 30.9. The van der Waals surface area contributed by atoms with Gasteiger partial charge in [0.15, 0.2) is 11.3 Å². The first-order valence-corrected chi connectivity index (χ1v) is 12.1. The van der Waals surface area contributed by atoms with Gasteiger partial charge < -0.3 is 10.6 Å². The molecule has 3 heterocycles. The van der Waals surface area contributed by atoms with Crippen molar-refractivity contribution >= 4 is 28.9 Å². The smallest absolute Gasteiger partial charge is 0.274 e. The number of aryl methyl sites for hydroxylation is 1. The van der Waals surface area contributed by atoms with E-state index in [9.17, 15) is 18.4 Å². The van der Waals surface area contributed by atoms with Gasteiger partial charge in [0.05, 0.1) is 17.1 Å². The van der Waals surface area contributed by atoms with Crippen LogP contribution < -0.4 is 10.6 Å². The number of para-hydroxylation sites is 1. The molecule has 2 amide bonds. The number of carbonyl (C=O) groups is 2. The van der Waals surface area contributed by atoms with Crippen LogP contribution in [0.15, 0.2) is 89.9 Å². The summed E-state index contributed by atoms with van der Waals surface area (Å²) in [6.45, 7) is 1.74. The number of hydrogen-bond acceptors (Lipinski definition) is 5. The van der Waals surface area contributed by atoms with Crippen LogP contribution in [0.1, 0.15) is 27.3 Å². The molecule has 8 nitrogen and oxygen atoms in total. The van der Waals surface area contributed by atoms with Crippen molar-refractivity contribution in [3.63, 3.8) is 0 Å². The van der Waals surface area contributed by atoms with Crippen molar-refractivity contribution in [2.45, 2.75) is 13.1 Å². The van der Waals surface area contributed by atoms with E-state index in [4.69, 9.17) is 0 Å². The molecule has 2 N–H and O–H groups in total. The minimum Gasteiger partial charge on any atom is -0.321 e. The minimum absolute atomic E-state index is 0.0407. The van der Waals surface area contributed by atoms with Crippen molar-refractivity contribution in [1.29, 1.82) is 0 Å². The van der Waals surface area contributed by atoms with Crippen LogP contribution in [0, 0.1) is 18.6 Å². The Balaban J connectivity index is 1.47. The third kappa shape index (κ3) is 4.31. The van der Waals surface area contributed by atoms with Gasteiger partial charge in [0.25, 0.3) is 11.8 Å². The van der Waals surface area contributed by atoms with Gasteiger partial charge in [-0.2, -0.15) is 5.10 Å². The number of benzene rings is 3. The van der Waals surface area contributed by atoms with E-state index >= 15 is 0 Å². The van der Waals surface area contributed by atoms with Crippen LogP contribution in [-0.4, -0.2) is 38.3 Å². The van der Waals surface area contributed by atoms with Crippen molar-refractivity contribution in [1.82, 2.24) is 19.9 Å². The van der Waals surface area contributed by atoms with Gasteiger partial charge in [-0.15, -0.1) is 0 Å². The number of anilines is 1. The van der Waals surface area contributed by atoms with E-state index in [0.717, 1.165) is 0 Å². The predicted octanol–water partition coefficient (Wildman–Crippen LogP) is 4.53. The topological polar surface area (TPSA) is 101 Å². The molecule has 1 aliphatic heterocycles. The van der Waals surface area contributed by atoms with E-state index in [-0.39, 0.29) is 22.6 Å². The lowest BCUT2D eigenvalue weighted by molar-refractivity contribution is -0.117. The Kier molecular flexibility index (Phi) is 5.91. The number of imidazole rings is 1. The zero-order valence-electron chi connectivity index (χ0n) is 20.5. The second-order valence-electron chi connectivity index (χ2n) is 8.90. The van der Waals surface area contributed by atoms with E-state index in [1.807, 2.05) is 6.07 Å². The van der Waals surface area contributed by atoms with Gasteiger partial charge in [-0.3, -0.25) is 9.59 Å². The zero-order valence-corrected chi connectivity index (χ0v) is 20.5. The standard InChI is InChI=1S/C29H20F2N6O2/c1-16-14-15-22-32-25(18-10-5-6-12-20(18)30)26(37(22)36-16)28(38)35-27-29(39)34-24-19(11-7-13-21(24)31)23(33-27)17-8-3-2-4-9-17/h2-15,27H,1H3,(H,34,39)(H,35,38). The molecule has 1 unspecified atom stereocenters. The molecule has 0 saturated heterocycles. The Labute approximate surface area is 221 Å². The lowest BCUT2D eigenvalue weighted by Gasteiger charge is -2.14. The normalized spacial score (nSPS) is 14.8. The van der Waals surface area contributed by atoms with E-state index < -0.39 is 29.6 Å². The van der Waals surface area contributed by atoms with Crippen LogP contribution in [0.2, 0.25) is 0 Å². The number of nitrogens with zero attached hydrogens (tertiary/aromatic N) is 4. The first-order chi connectivity index (χ1) is 18.9. The number of aliphatic imine (C=N–C) groups is 1. The van der Waals surface area contributed by atoms with Gasteiger partial charge in [0, 0.05) is 16.7 Å². The maximum atomic E-state index is 14.8. The molecule has 0 spiro atoms. The molecular weight excluding hydrogens is 502 g/mol. The zero-order chi connectivity index (χ0) is 27.1. The molecule has 1 aliphatic rings. The van der Waals surface area contributed by atoms with Gasteiger partial charge in [0.1, 0.15) is 17.3 Å². The lowest BCUT2D eigenvalue weighted by atomic mass is 10.0. The number of fused-ring (bicyclic) bond motifs is 2. The molecule has 39 heavy (non-hydrogen) atoms. The van der Waals surface area contributed by atoms with Crippen LogP contribution in [-0.2, 0) is 4.79 Å². The Morgan fingerprint density at radius 2 is 1.62 bits per heavy atom. The van der Waals surface area contributed by atoms with E-state index in [0.29, 0.717) is 28.2 Å². The average Bonchev–Trinajstić information content (AvgIpc) is 3.24. The quantitative estimate of drug-likeness (QED) is 0.362. The fourth-order valence-electron chi connectivity index (χ4n) is 4.48. The van der Waals surface area contributed by atoms with Gasteiger partial charge in [0.2, 0.25) is 6.17 Å². The Bertz CT molecular complexity index is 1800. The highest BCUT2D eigenvalue weighted by Gasteiger charge is 2.31. The first-order valence-electron chi connectivity index (χ1n) is 12.1. The maximum absolute atomic E-state index is 14.8. The number of aromatic nitrogens is 3. The number of hydrogen-bond donors (Lipinski definition) is 2. The Morgan fingerprint density at radius 1 is 0.897 bits per heavy atom. The van der Waals surface area contributed by atoms with Crippen LogP contribution in [0.5, 0.6) is 0 Å². The van der Waals surface area contributed by atoms with Gasteiger partial charge in [-0.05, 0) is 37.3 Å². The van der Waals surface area contributed by atoms with E-state index in [2.05, 4.69) is 25.7 Å². The van der Waals surface area contributed by atoms with E-state index in [1.54, 1.807) is 55.5 Å². The highest BCUT2D eigenvalue weighted by atomic mass is 19.1. The molecule has 0 radical (unpaired) electrons. The largest absolute Gasteiger partial charge is 0.321 e. The van der Waals surface area contributed by atoms with Crippen LogP contribution in [0.3, 0.4) is 0 Å². The molecule has 0 fully saturated rings. The number of halogens is 2. The van der Waals surface area contributed by atoms with Gasteiger partial charge in [-0.25, -0.2) is 23.3 Å². The molecule has 0 saturated carbocycles. The van der Waals surface area contributed by atoms with Crippen molar-refractivity contribution in [2.24, 2.45) is 4.99 Å². The number of nitrogens with one attached hydrogen (secondary N) is 2. The summed E-state index contributed by atoms with van der Waals surface area (Å²) in [7, 11) is 0. The van der Waals surface area contributed by atoms with Crippen molar-refractivity contribution in [2.75, 3.05) is 5.32 Å². The molecule has 0 bridgehead atoms. The second kappa shape index (κ2) is 9.56. The molecule has 1 atom stereocenters. The average molecular weight is 523 g/mol. The van der Waals surface area contributed by atoms with Crippen molar-refractivity contribution in [3.05, 3.63) is 119 Å². The summed E-state index contributed by atoms with van der Waals surface area (Å²) in [5.41, 5.74) is 2.25. The van der Waals surface area contributed by atoms with Crippen LogP contribution >= 0.6 is 0 Å². The summed E-state index contributed by atoms with van der Waals surface area (Å²) in [6, 6.07) is 22.6. The fourth-order valence-corrected chi connectivity index (χ4v) is 4.48. The SMILES string of the molecule is Cc1ccc2nc(-c3ccccc3F)c(C(=O)NC3N=C(c4ccccc4)c4cccc(F)c4NC3=O)n2n1. The van der Waals surface area contributed by atoms with Crippen molar-refractivity contribution < 1.29 is 18.4 Å². The number of amides is 2. The van der Waals surface area contributed by atoms with Gasteiger partial charge >= 0.3 is 0 Å². The molecule has 192 valence electrons. The third-order valence-electron chi connectivity index (χ3n) is 6.29. The van der Waals surface area contributed by atoms with Crippen LogP contribution in [0.25, 0.3) is 16.9 Å². The number of benzodiazepines with no additional fused rings is 1. The Morgan fingerprint density at radius 3 is 2.41 bits per heavy atom. The fraction of sp³-hybridized carbons (Fsp3) is 0.0690. The number of rotatable bonds is 4. The predicted molar refractivity (Wildman–Crippen MR) is 141 cm³/mol. The molecular formula is C29H20F2N6O2. The second-order valence-corrected chi connectivity index (χ2v) is 8.90. The Hall–Kier alpha value is -5.25. The molecule has 0 aliphatic carbocycles. The summed E-state index contributed by atoms with van der Waals surface area (Å²) in [5, 5.41) is 9.57. The minimum atomic E-state index is -1.44. The first kappa shape index (κ1) is 24.1. The maximum Gasteiger partial charge on any atom is 0.274 e. The monoisotopic (exact) mass is 522 g/mol. The van der Waals surface area contributed by atoms with Crippen molar-refractivity contribution in [3.8, 4) is 11.3 Å². The molecule has 2 aromatic heterocycles. The van der Waals surface area contributed by atoms with Gasteiger partial charge in [-0.1, -0.05) is 54.6 Å². The van der Waals surface area contributed by atoms with Crippen LogP contribution in [0.4, 0.5) is 14.5 Å². The summed E-state index contributed by atoms with van der Waals surface area (Å²) in [5.74, 6) is -2.72. The number of carbonyl (C=O) groups excluding carboxylic acids is 2. The molecule has 3 aromatic carbocycles. The highest BCUT2D eigenvalue weighted by molar-refractivity contribution is 6.20. The van der Waals surface area contributed by atoms with E-state index in [1.165, 1.54) is 34.8 Å². The summed E-state index contributed by atoms with van der Waals surface area (Å²) in [6.07, 6.45) is -1.44. The third-order valence-corrected chi connectivity index (χ3v) is 6.29. The lowest BCUT2D eigenvalue weighted by Crippen LogP contribution is -2.43. The molecule has 5 aromatic rings. The highest BCUT2D eigenvalue weighted by Crippen LogP contribution is 2.29.